The molecule has 1 aliphatic rings. The van der Waals surface area contributed by atoms with E-state index in [0.717, 1.165) is 16.4 Å². The van der Waals surface area contributed by atoms with E-state index in [1.54, 1.807) is 6.20 Å². The molecular weight excluding hydrogens is 256 g/mol. The van der Waals surface area contributed by atoms with Crippen molar-refractivity contribution < 1.29 is 4.79 Å². The minimum Gasteiger partial charge on any atom is -0.305 e. The Balaban J connectivity index is 2.24. The number of hydrogen-bond donors (Lipinski definition) is 0. The Morgan fingerprint density at radius 3 is 2.93 bits per heavy atom. The summed E-state index contributed by atoms with van der Waals surface area (Å²) in [6.07, 6.45) is 7.15. The second-order valence-electron chi connectivity index (χ2n) is 3.91. The van der Waals surface area contributed by atoms with Crippen molar-refractivity contribution >= 4 is 27.9 Å². The van der Waals surface area contributed by atoms with E-state index in [-0.39, 0.29) is 0 Å². The second-order valence-corrected chi connectivity index (χ2v) is 4.76. The number of fused-ring (bicyclic) bond motifs is 1. The van der Waals surface area contributed by atoms with Gasteiger partial charge in [0.2, 0.25) is 0 Å². The summed E-state index contributed by atoms with van der Waals surface area (Å²) in [4.78, 5) is 14.8. The summed E-state index contributed by atoms with van der Waals surface area (Å²) in [5.41, 5.74) is 2.61. The van der Waals surface area contributed by atoms with E-state index in [1.165, 1.54) is 18.4 Å². The van der Waals surface area contributed by atoms with Crippen molar-refractivity contribution in [2.45, 2.75) is 18.8 Å². The van der Waals surface area contributed by atoms with Gasteiger partial charge in [0.05, 0.1) is 4.47 Å². The molecule has 1 aliphatic carbocycles. The number of aldehydes is 1. The smallest absolute Gasteiger partial charge is 0.170 e. The van der Waals surface area contributed by atoms with Crippen LogP contribution in [0.2, 0.25) is 0 Å². The Labute approximate surface area is 95.3 Å². The van der Waals surface area contributed by atoms with Gasteiger partial charge in [-0.15, -0.1) is 0 Å². The molecule has 4 heteroatoms. The van der Waals surface area contributed by atoms with Gasteiger partial charge in [-0.1, -0.05) is 0 Å². The number of imidazole rings is 1. The summed E-state index contributed by atoms with van der Waals surface area (Å²) in [5.74, 6) is 0.702. The molecule has 76 valence electrons. The third-order valence-electron chi connectivity index (χ3n) is 2.72. The predicted molar refractivity (Wildman–Crippen MR) is 60.3 cm³/mol. The molecule has 3 rings (SSSR count). The molecule has 1 saturated carbocycles. The van der Waals surface area contributed by atoms with Gasteiger partial charge in [0, 0.05) is 12.4 Å². The first-order chi connectivity index (χ1) is 7.28. The fraction of sp³-hybridized carbons (Fsp3) is 0.273. The van der Waals surface area contributed by atoms with Crippen LogP contribution in [0.5, 0.6) is 0 Å². The van der Waals surface area contributed by atoms with Crippen LogP contribution in [0.1, 0.15) is 34.8 Å². The number of hydrogen-bond acceptors (Lipinski definition) is 2. The van der Waals surface area contributed by atoms with Crippen LogP contribution in [-0.2, 0) is 0 Å². The van der Waals surface area contributed by atoms with E-state index in [2.05, 4.69) is 33.2 Å². The summed E-state index contributed by atoms with van der Waals surface area (Å²) in [6, 6.07) is 2.11. The van der Waals surface area contributed by atoms with E-state index in [9.17, 15) is 4.79 Å². The Hall–Kier alpha value is -1.16. The van der Waals surface area contributed by atoms with Gasteiger partial charge >= 0.3 is 0 Å². The molecular formula is C11H9BrN2O. The average Bonchev–Trinajstić information content (AvgIpc) is 2.98. The van der Waals surface area contributed by atoms with Crippen molar-refractivity contribution in [3.8, 4) is 0 Å². The topological polar surface area (TPSA) is 34.4 Å². The van der Waals surface area contributed by atoms with E-state index < -0.39 is 0 Å². The maximum atomic E-state index is 10.6. The molecule has 2 heterocycles. The zero-order valence-electron chi connectivity index (χ0n) is 7.98. The third kappa shape index (κ3) is 1.49. The molecule has 2 aromatic rings. The van der Waals surface area contributed by atoms with Gasteiger partial charge in [0.25, 0.3) is 0 Å². The quantitative estimate of drug-likeness (QED) is 0.782. The standard InChI is InChI=1S/C11H9BrN2O/c12-10-3-8(7-1-2-7)4-14-5-9(6-15)13-11(10)14/h3-7H,1-2H2. The van der Waals surface area contributed by atoms with Crippen molar-refractivity contribution in [2.75, 3.05) is 0 Å². The second kappa shape index (κ2) is 3.17. The number of carbonyl (C=O) groups excluding carboxylic acids is 1. The van der Waals surface area contributed by atoms with Crippen LogP contribution in [0, 0.1) is 0 Å². The fourth-order valence-electron chi connectivity index (χ4n) is 1.79. The highest BCUT2D eigenvalue weighted by Gasteiger charge is 2.24. The van der Waals surface area contributed by atoms with Crippen LogP contribution in [0.3, 0.4) is 0 Å². The Morgan fingerprint density at radius 1 is 1.47 bits per heavy atom. The molecule has 0 saturated heterocycles. The van der Waals surface area contributed by atoms with Crippen LogP contribution in [0.4, 0.5) is 0 Å². The Kier molecular flexibility index (Phi) is 1.92. The summed E-state index contributed by atoms with van der Waals surface area (Å²) >= 11 is 3.49. The van der Waals surface area contributed by atoms with Crippen molar-refractivity contribution in [2.24, 2.45) is 0 Å². The van der Waals surface area contributed by atoms with Crippen LogP contribution >= 0.6 is 15.9 Å². The maximum Gasteiger partial charge on any atom is 0.170 e. The lowest BCUT2D eigenvalue weighted by Crippen LogP contribution is -1.88. The van der Waals surface area contributed by atoms with Gasteiger partial charge < -0.3 is 4.40 Å². The number of carbonyl (C=O) groups is 1. The normalized spacial score (nSPS) is 15.8. The van der Waals surface area contributed by atoms with Crippen LogP contribution in [-0.4, -0.2) is 15.7 Å². The van der Waals surface area contributed by atoms with Gasteiger partial charge in [-0.25, -0.2) is 4.98 Å². The summed E-state index contributed by atoms with van der Waals surface area (Å²) < 4.78 is 2.88. The highest BCUT2D eigenvalue weighted by atomic mass is 79.9. The van der Waals surface area contributed by atoms with Crippen molar-refractivity contribution in [3.05, 3.63) is 34.2 Å². The predicted octanol–water partition coefficient (Wildman–Crippen LogP) is 2.79. The lowest BCUT2D eigenvalue weighted by molar-refractivity contribution is 0.111. The first-order valence-electron chi connectivity index (χ1n) is 4.91. The highest BCUT2D eigenvalue weighted by Crippen LogP contribution is 2.41. The molecule has 0 N–H and O–H groups in total. The van der Waals surface area contributed by atoms with Crippen LogP contribution in [0.15, 0.2) is 22.9 Å². The SMILES string of the molecule is O=Cc1cn2cc(C3CC3)cc(Br)c2n1. The Bertz CT molecular complexity index is 543. The number of nitrogens with zero attached hydrogens (tertiary/aromatic N) is 2. The molecule has 0 amide bonds. The van der Waals surface area contributed by atoms with Crippen molar-refractivity contribution in [1.82, 2.24) is 9.38 Å². The zero-order chi connectivity index (χ0) is 10.4. The lowest BCUT2D eigenvalue weighted by Gasteiger charge is -2.01. The Morgan fingerprint density at radius 2 is 2.27 bits per heavy atom. The number of aromatic nitrogens is 2. The molecule has 15 heavy (non-hydrogen) atoms. The summed E-state index contributed by atoms with van der Waals surface area (Å²) in [7, 11) is 0. The van der Waals surface area contributed by atoms with Crippen molar-refractivity contribution in [3.63, 3.8) is 0 Å². The van der Waals surface area contributed by atoms with Gasteiger partial charge in [0.15, 0.2) is 11.9 Å². The van der Waals surface area contributed by atoms with E-state index in [1.807, 2.05) is 4.40 Å². The minimum absolute atomic E-state index is 0.476. The van der Waals surface area contributed by atoms with Gasteiger partial charge in [0.1, 0.15) is 5.69 Å². The maximum absolute atomic E-state index is 10.6. The molecule has 2 aromatic heterocycles. The third-order valence-corrected chi connectivity index (χ3v) is 3.30. The van der Waals surface area contributed by atoms with Crippen LogP contribution < -0.4 is 0 Å². The van der Waals surface area contributed by atoms with E-state index in [4.69, 9.17) is 0 Å². The minimum atomic E-state index is 0.476. The van der Waals surface area contributed by atoms with Crippen molar-refractivity contribution in [1.29, 1.82) is 0 Å². The first-order valence-corrected chi connectivity index (χ1v) is 5.70. The van der Waals surface area contributed by atoms with Crippen LogP contribution in [0.25, 0.3) is 5.65 Å². The monoisotopic (exact) mass is 264 g/mol. The summed E-state index contributed by atoms with van der Waals surface area (Å²) in [6.45, 7) is 0. The molecule has 0 radical (unpaired) electrons. The molecule has 0 aliphatic heterocycles. The molecule has 1 fully saturated rings. The molecule has 0 bridgehead atoms. The first kappa shape index (κ1) is 9.09. The fourth-order valence-corrected chi connectivity index (χ4v) is 2.35. The van der Waals surface area contributed by atoms with Gasteiger partial charge in [-0.05, 0) is 46.3 Å². The highest BCUT2D eigenvalue weighted by molar-refractivity contribution is 9.10. The number of rotatable bonds is 2. The molecule has 0 unspecified atom stereocenters. The molecule has 0 spiro atoms. The van der Waals surface area contributed by atoms with Gasteiger partial charge in [-0.3, -0.25) is 4.79 Å². The molecule has 0 aromatic carbocycles. The van der Waals surface area contributed by atoms with Gasteiger partial charge in [-0.2, -0.15) is 0 Å². The average molecular weight is 265 g/mol. The molecule has 3 nitrogen and oxygen atoms in total. The lowest BCUT2D eigenvalue weighted by atomic mass is 10.2. The van der Waals surface area contributed by atoms with E-state index >= 15 is 0 Å². The largest absolute Gasteiger partial charge is 0.305 e. The van der Waals surface area contributed by atoms with E-state index in [0.29, 0.717) is 11.6 Å². The number of halogens is 1. The zero-order valence-corrected chi connectivity index (χ0v) is 9.57. The molecule has 0 atom stereocenters. The summed E-state index contributed by atoms with van der Waals surface area (Å²) in [5, 5.41) is 0. The number of pyridine rings is 1.